The summed E-state index contributed by atoms with van der Waals surface area (Å²) in [6, 6.07) is 14.5. The van der Waals surface area contributed by atoms with Gasteiger partial charge in [-0.1, -0.05) is 24.3 Å². The first-order valence-corrected chi connectivity index (χ1v) is 10.2. The fourth-order valence-corrected chi connectivity index (χ4v) is 3.85. The molecule has 0 spiro atoms. The van der Waals surface area contributed by atoms with Crippen LogP contribution in [0.3, 0.4) is 0 Å². The highest BCUT2D eigenvalue weighted by Crippen LogP contribution is 2.39. The van der Waals surface area contributed by atoms with E-state index in [0.29, 0.717) is 6.54 Å². The largest absolute Gasteiger partial charge is 0.487 e. The lowest BCUT2D eigenvalue weighted by Gasteiger charge is -2.38. The molecule has 7 heteroatoms. The Morgan fingerprint density at radius 1 is 1.23 bits per heavy atom. The van der Waals surface area contributed by atoms with Gasteiger partial charge in [-0.3, -0.25) is 0 Å². The Morgan fingerprint density at radius 2 is 2.03 bits per heavy atom. The van der Waals surface area contributed by atoms with E-state index in [0.717, 1.165) is 41.7 Å². The number of aliphatic imine (C=N–C) groups is 1. The quantitative estimate of drug-likeness (QED) is 0.300. The van der Waals surface area contributed by atoms with Gasteiger partial charge in [0.05, 0.1) is 18.3 Å². The fraction of sp³-hybridized carbons (Fsp3) is 0.391. The van der Waals surface area contributed by atoms with Crippen LogP contribution in [0.4, 0.5) is 0 Å². The molecule has 160 valence electrons. The number of hydrogen-bond donors (Lipinski definition) is 2. The zero-order chi connectivity index (χ0) is 20.4. The normalized spacial score (nSPS) is 17.6. The highest BCUT2D eigenvalue weighted by atomic mass is 127. The number of halogens is 1. The van der Waals surface area contributed by atoms with E-state index >= 15 is 0 Å². The number of pyridine rings is 1. The van der Waals surface area contributed by atoms with Gasteiger partial charge in [0, 0.05) is 30.4 Å². The highest BCUT2D eigenvalue weighted by Gasteiger charge is 2.33. The molecule has 3 aromatic rings. The number of nitrogens with zero attached hydrogens (tertiary/aromatic N) is 3. The van der Waals surface area contributed by atoms with Gasteiger partial charge in [0.1, 0.15) is 17.0 Å². The summed E-state index contributed by atoms with van der Waals surface area (Å²) in [7, 11) is 0. The summed E-state index contributed by atoms with van der Waals surface area (Å²) in [6.07, 6.45) is 2.92. The number of hydrogen-bond acceptors (Lipinski definition) is 3. The first-order valence-electron chi connectivity index (χ1n) is 10.2. The van der Waals surface area contributed by atoms with E-state index in [9.17, 15) is 0 Å². The first kappa shape index (κ1) is 22.4. The molecule has 0 saturated heterocycles. The van der Waals surface area contributed by atoms with Crippen LogP contribution in [-0.4, -0.2) is 27.5 Å². The summed E-state index contributed by atoms with van der Waals surface area (Å²) in [6.45, 7) is 9.72. The second-order valence-electron chi connectivity index (χ2n) is 8.12. The van der Waals surface area contributed by atoms with Crippen molar-refractivity contribution < 1.29 is 4.74 Å². The molecule has 3 heterocycles. The zero-order valence-electron chi connectivity index (χ0n) is 18.0. The second kappa shape index (κ2) is 9.24. The standard InChI is InChI=1S/C23H29N5O.HI/c1-5-24-22(25-14-17-15-28-16(2)9-8-12-21(28)26-17)27-19-13-23(3,4)29-20-11-7-6-10-18(19)20;/h6-12,15,19H,5,13-14H2,1-4H3,(H2,24,25,27);1H. The Morgan fingerprint density at radius 3 is 2.80 bits per heavy atom. The zero-order valence-corrected chi connectivity index (χ0v) is 20.3. The molecule has 4 rings (SSSR count). The summed E-state index contributed by atoms with van der Waals surface area (Å²) in [4.78, 5) is 9.49. The molecule has 0 aliphatic carbocycles. The number of guanidine groups is 1. The average molecular weight is 519 g/mol. The maximum atomic E-state index is 6.15. The van der Waals surface area contributed by atoms with E-state index in [-0.39, 0.29) is 35.6 Å². The molecule has 6 nitrogen and oxygen atoms in total. The highest BCUT2D eigenvalue weighted by molar-refractivity contribution is 14.0. The monoisotopic (exact) mass is 519 g/mol. The molecule has 0 fully saturated rings. The van der Waals surface area contributed by atoms with Gasteiger partial charge in [-0.05, 0) is 45.9 Å². The number of para-hydroxylation sites is 1. The van der Waals surface area contributed by atoms with E-state index < -0.39 is 0 Å². The number of aryl methyl sites for hydroxylation is 1. The van der Waals surface area contributed by atoms with Crippen molar-refractivity contribution in [2.24, 2.45) is 4.99 Å². The Balaban J connectivity index is 0.00000256. The molecule has 1 unspecified atom stereocenters. The molecule has 30 heavy (non-hydrogen) atoms. The van der Waals surface area contributed by atoms with Crippen molar-refractivity contribution in [3.8, 4) is 5.75 Å². The number of nitrogens with one attached hydrogen (secondary N) is 2. The third kappa shape index (κ3) is 4.88. The van der Waals surface area contributed by atoms with Crippen molar-refractivity contribution in [1.82, 2.24) is 20.0 Å². The number of imidazole rings is 1. The second-order valence-corrected chi connectivity index (χ2v) is 8.12. The van der Waals surface area contributed by atoms with Gasteiger partial charge in [-0.25, -0.2) is 9.98 Å². The number of aromatic nitrogens is 2. The molecule has 1 aliphatic heterocycles. The molecular formula is C23H30IN5O. The third-order valence-corrected chi connectivity index (χ3v) is 5.18. The molecular weight excluding hydrogens is 489 g/mol. The van der Waals surface area contributed by atoms with Crippen molar-refractivity contribution in [1.29, 1.82) is 0 Å². The van der Waals surface area contributed by atoms with Crippen molar-refractivity contribution >= 4 is 35.6 Å². The van der Waals surface area contributed by atoms with E-state index in [2.05, 4.69) is 67.1 Å². The first-order chi connectivity index (χ1) is 13.9. The minimum atomic E-state index is -0.234. The molecule has 2 N–H and O–H groups in total. The van der Waals surface area contributed by atoms with Crippen LogP contribution in [0.25, 0.3) is 5.65 Å². The van der Waals surface area contributed by atoms with Gasteiger partial charge in [0.25, 0.3) is 0 Å². The van der Waals surface area contributed by atoms with Gasteiger partial charge >= 0.3 is 0 Å². The van der Waals surface area contributed by atoms with Gasteiger partial charge in [-0.2, -0.15) is 0 Å². The Labute approximate surface area is 195 Å². The molecule has 0 amide bonds. The predicted octanol–water partition coefficient (Wildman–Crippen LogP) is 4.62. The fourth-order valence-electron chi connectivity index (χ4n) is 3.85. The van der Waals surface area contributed by atoms with E-state index in [4.69, 9.17) is 14.7 Å². The van der Waals surface area contributed by atoms with E-state index in [1.54, 1.807) is 0 Å². The third-order valence-electron chi connectivity index (χ3n) is 5.18. The van der Waals surface area contributed by atoms with Gasteiger partial charge < -0.3 is 19.8 Å². The minimum Gasteiger partial charge on any atom is -0.487 e. The predicted molar refractivity (Wildman–Crippen MR) is 132 cm³/mol. The molecule has 0 radical (unpaired) electrons. The molecule has 0 saturated carbocycles. The van der Waals surface area contributed by atoms with Crippen LogP contribution in [0.1, 0.15) is 50.2 Å². The van der Waals surface area contributed by atoms with Gasteiger partial charge in [0.15, 0.2) is 5.96 Å². The van der Waals surface area contributed by atoms with E-state index in [1.807, 2.05) is 24.3 Å². The van der Waals surface area contributed by atoms with Crippen LogP contribution >= 0.6 is 24.0 Å². The number of ether oxygens (including phenoxy) is 1. The number of fused-ring (bicyclic) bond motifs is 2. The maximum absolute atomic E-state index is 6.15. The molecule has 1 atom stereocenters. The van der Waals surface area contributed by atoms with Crippen LogP contribution in [0.5, 0.6) is 5.75 Å². The lowest BCUT2D eigenvalue weighted by atomic mass is 9.90. The summed E-state index contributed by atoms with van der Waals surface area (Å²) in [5.41, 5.74) is 4.00. The van der Waals surface area contributed by atoms with Crippen molar-refractivity contribution in [3.05, 3.63) is 65.6 Å². The summed E-state index contributed by atoms with van der Waals surface area (Å²) < 4.78 is 8.25. The molecule has 2 aromatic heterocycles. The van der Waals surface area contributed by atoms with Crippen LogP contribution in [0.15, 0.2) is 53.7 Å². The van der Waals surface area contributed by atoms with Crippen molar-refractivity contribution in [3.63, 3.8) is 0 Å². The maximum Gasteiger partial charge on any atom is 0.192 e. The minimum absolute atomic E-state index is 0. The topological polar surface area (TPSA) is 63.0 Å². The van der Waals surface area contributed by atoms with E-state index in [1.165, 1.54) is 5.56 Å². The number of rotatable bonds is 4. The summed E-state index contributed by atoms with van der Waals surface area (Å²) in [5, 5.41) is 6.98. The molecule has 1 aromatic carbocycles. The summed E-state index contributed by atoms with van der Waals surface area (Å²) in [5.74, 6) is 1.73. The van der Waals surface area contributed by atoms with Crippen LogP contribution in [0.2, 0.25) is 0 Å². The lowest BCUT2D eigenvalue weighted by Crippen LogP contribution is -2.45. The van der Waals surface area contributed by atoms with Crippen molar-refractivity contribution in [2.75, 3.05) is 6.54 Å². The van der Waals surface area contributed by atoms with Gasteiger partial charge in [-0.15, -0.1) is 24.0 Å². The molecule has 1 aliphatic rings. The smallest absolute Gasteiger partial charge is 0.192 e. The summed E-state index contributed by atoms with van der Waals surface area (Å²) >= 11 is 0. The SMILES string of the molecule is CCNC(=NCc1cn2c(C)cccc2n1)NC1CC(C)(C)Oc2ccccc21.I. The Bertz CT molecular complexity index is 1040. The Hall–Kier alpha value is -2.29. The van der Waals surface area contributed by atoms with Crippen LogP contribution in [-0.2, 0) is 6.54 Å². The van der Waals surface area contributed by atoms with Crippen LogP contribution in [0, 0.1) is 6.92 Å². The lowest BCUT2D eigenvalue weighted by molar-refractivity contribution is 0.0694. The van der Waals surface area contributed by atoms with Crippen molar-refractivity contribution in [2.45, 2.75) is 52.3 Å². The Kier molecular flexibility index (Phi) is 6.90. The van der Waals surface area contributed by atoms with Gasteiger partial charge in [0.2, 0.25) is 0 Å². The average Bonchev–Trinajstić information content (AvgIpc) is 3.10. The van der Waals surface area contributed by atoms with Crippen LogP contribution < -0.4 is 15.4 Å². The molecule has 0 bridgehead atoms. The number of benzene rings is 1.